The van der Waals surface area contributed by atoms with E-state index in [4.69, 9.17) is 4.74 Å². The Balaban J connectivity index is 2.23. The Hall–Kier alpha value is -2.02. The lowest BCUT2D eigenvalue weighted by Gasteiger charge is -2.31. The van der Waals surface area contributed by atoms with E-state index in [1.807, 2.05) is 6.07 Å². The second kappa shape index (κ2) is 4.82. The van der Waals surface area contributed by atoms with E-state index >= 15 is 0 Å². The highest BCUT2D eigenvalue weighted by atomic mass is 16.5. The Bertz CT molecular complexity index is 665. The van der Waals surface area contributed by atoms with Crippen LogP contribution in [0, 0.1) is 0 Å². The van der Waals surface area contributed by atoms with Crippen LogP contribution < -0.4 is 4.74 Å². The highest BCUT2D eigenvalue weighted by Gasteiger charge is 2.27. The van der Waals surface area contributed by atoms with Gasteiger partial charge in [-0.25, -0.2) is 0 Å². The molecule has 0 saturated carbocycles. The van der Waals surface area contributed by atoms with Crippen molar-refractivity contribution in [2.75, 3.05) is 0 Å². The summed E-state index contributed by atoms with van der Waals surface area (Å²) in [5.41, 5.74) is 4.90. The molecule has 0 aliphatic carbocycles. The summed E-state index contributed by atoms with van der Waals surface area (Å²) in [5.74, 6) is 0.973. The van der Waals surface area contributed by atoms with Gasteiger partial charge in [-0.2, -0.15) is 0 Å². The van der Waals surface area contributed by atoms with Gasteiger partial charge < -0.3 is 4.74 Å². The van der Waals surface area contributed by atoms with Crippen LogP contribution in [0.3, 0.4) is 0 Å². The Kier molecular flexibility index (Phi) is 3.13. The molecule has 2 aromatic rings. The van der Waals surface area contributed by atoms with Crippen LogP contribution in [0.5, 0.6) is 5.75 Å². The molecule has 2 aromatic carbocycles. The molecule has 1 heterocycles. The predicted octanol–water partition coefficient (Wildman–Crippen LogP) is 4.85. The lowest BCUT2D eigenvalue weighted by molar-refractivity contribution is 0.158. The van der Waals surface area contributed by atoms with Crippen LogP contribution in [-0.4, -0.2) is 5.60 Å². The molecule has 0 N–H and O–H groups in total. The van der Waals surface area contributed by atoms with Crippen molar-refractivity contribution in [3.8, 4) is 5.75 Å². The molecule has 102 valence electrons. The van der Waals surface area contributed by atoms with Crippen LogP contribution in [0.15, 0.2) is 54.6 Å². The molecule has 0 atom stereocenters. The van der Waals surface area contributed by atoms with Gasteiger partial charge in [0.05, 0.1) is 0 Å². The summed E-state index contributed by atoms with van der Waals surface area (Å²) in [4.78, 5) is 0. The zero-order valence-electron chi connectivity index (χ0n) is 12.3. The summed E-state index contributed by atoms with van der Waals surface area (Å²) in [6.07, 6.45) is 3.28. The zero-order chi connectivity index (χ0) is 14.2. The average Bonchev–Trinajstić information content (AvgIpc) is 2.45. The van der Waals surface area contributed by atoms with Gasteiger partial charge in [0.25, 0.3) is 0 Å². The maximum atomic E-state index is 6.07. The highest BCUT2D eigenvalue weighted by Crippen LogP contribution is 2.40. The van der Waals surface area contributed by atoms with Crippen molar-refractivity contribution in [3.63, 3.8) is 0 Å². The summed E-state index contributed by atoms with van der Waals surface area (Å²) in [6.45, 7) is 6.42. The summed E-state index contributed by atoms with van der Waals surface area (Å²) >= 11 is 0. The van der Waals surface area contributed by atoms with E-state index in [9.17, 15) is 0 Å². The maximum Gasteiger partial charge on any atom is 0.128 e. The molecule has 0 unspecified atom stereocenters. The number of rotatable bonds is 2. The monoisotopic (exact) mass is 264 g/mol. The fourth-order valence-corrected chi connectivity index (χ4v) is 2.83. The molecular weight excluding hydrogens is 244 g/mol. The standard InChI is InChI=1S/C19H20O/c1-4-14-9-5-6-10-15(14)17-13-19(2,3)20-18-12-8-7-11-16(17)18/h5-13H,4H2,1-3H3. The highest BCUT2D eigenvalue weighted by molar-refractivity contribution is 5.86. The molecule has 0 bridgehead atoms. The van der Waals surface area contributed by atoms with Crippen LogP contribution in [0.1, 0.15) is 37.5 Å². The van der Waals surface area contributed by atoms with Crippen LogP contribution >= 0.6 is 0 Å². The molecule has 1 nitrogen and oxygen atoms in total. The minimum atomic E-state index is -0.273. The van der Waals surface area contributed by atoms with Gasteiger partial charge in [0.1, 0.15) is 11.4 Å². The molecule has 1 aliphatic rings. The third-order valence-electron chi connectivity index (χ3n) is 3.73. The van der Waals surface area contributed by atoms with E-state index in [0.29, 0.717) is 0 Å². The number of aryl methyl sites for hydroxylation is 1. The largest absolute Gasteiger partial charge is 0.483 e. The topological polar surface area (TPSA) is 9.23 Å². The Labute approximate surface area is 120 Å². The average molecular weight is 264 g/mol. The quantitative estimate of drug-likeness (QED) is 0.753. The van der Waals surface area contributed by atoms with E-state index in [1.54, 1.807) is 0 Å². The lowest BCUT2D eigenvalue weighted by atomic mass is 9.87. The van der Waals surface area contributed by atoms with Crippen molar-refractivity contribution in [2.45, 2.75) is 32.8 Å². The first-order chi connectivity index (χ1) is 9.61. The minimum absolute atomic E-state index is 0.273. The molecule has 1 heteroatoms. The molecular formula is C19H20O. The normalized spacial score (nSPS) is 16.1. The van der Waals surface area contributed by atoms with Crippen molar-refractivity contribution in [2.24, 2.45) is 0 Å². The van der Waals surface area contributed by atoms with Gasteiger partial charge in [-0.1, -0.05) is 49.4 Å². The SMILES string of the molecule is CCc1ccccc1C1=CC(C)(C)Oc2ccccc21. The van der Waals surface area contributed by atoms with Gasteiger partial charge in [-0.15, -0.1) is 0 Å². The number of fused-ring (bicyclic) bond motifs is 1. The minimum Gasteiger partial charge on any atom is -0.483 e. The fourth-order valence-electron chi connectivity index (χ4n) is 2.83. The van der Waals surface area contributed by atoms with E-state index in [-0.39, 0.29) is 5.60 Å². The smallest absolute Gasteiger partial charge is 0.128 e. The summed E-state index contributed by atoms with van der Waals surface area (Å²) in [7, 11) is 0. The Morgan fingerprint density at radius 2 is 1.55 bits per heavy atom. The van der Waals surface area contributed by atoms with Crippen molar-refractivity contribution >= 4 is 5.57 Å². The summed E-state index contributed by atoms with van der Waals surface area (Å²) in [6, 6.07) is 16.9. The number of hydrogen-bond acceptors (Lipinski definition) is 1. The van der Waals surface area contributed by atoms with Crippen LogP contribution in [0.25, 0.3) is 5.57 Å². The number of hydrogen-bond donors (Lipinski definition) is 0. The number of benzene rings is 2. The Morgan fingerprint density at radius 1 is 0.900 bits per heavy atom. The first-order valence-corrected chi connectivity index (χ1v) is 7.20. The van der Waals surface area contributed by atoms with Crippen molar-refractivity contribution in [1.82, 2.24) is 0 Å². The van der Waals surface area contributed by atoms with Gasteiger partial charge in [0, 0.05) is 5.56 Å². The third-order valence-corrected chi connectivity index (χ3v) is 3.73. The second-order valence-corrected chi connectivity index (χ2v) is 5.77. The first-order valence-electron chi connectivity index (χ1n) is 7.20. The van der Waals surface area contributed by atoms with Crippen molar-refractivity contribution in [3.05, 3.63) is 71.3 Å². The Morgan fingerprint density at radius 3 is 2.30 bits per heavy atom. The van der Waals surface area contributed by atoms with Gasteiger partial charge in [0.15, 0.2) is 0 Å². The van der Waals surface area contributed by atoms with Crippen molar-refractivity contribution < 1.29 is 4.74 Å². The molecule has 0 amide bonds. The molecule has 0 radical (unpaired) electrons. The van der Waals surface area contributed by atoms with Gasteiger partial charge in [-0.3, -0.25) is 0 Å². The predicted molar refractivity (Wildman–Crippen MR) is 84.0 cm³/mol. The maximum absolute atomic E-state index is 6.07. The van der Waals surface area contributed by atoms with E-state index in [0.717, 1.165) is 12.2 Å². The fraction of sp³-hybridized carbons (Fsp3) is 0.263. The molecule has 1 aliphatic heterocycles. The van der Waals surface area contributed by atoms with Crippen LogP contribution in [0.4, 0.5) is 0 Å². The molecule has 0 aromatic heterocycles. The lowest BCUT2D eigenvalue weighted by Crippen LogP contribution is -2.29. The molecule has 3 rings (SSSR count). The number of para-hydroxylation sites is 1. The molecule has 0 saturated heterocycles. The van der Waals surface area contributed by atoms with E-state index < -0.39 is 0 Å². The third kappa shape index (κ3) is 2.24. The first kappa shape index (κ1) is 13.0. The summed E-state index contributed by atoms with van der Waals surface area (Å²) < 4.78 is 6.07. The van der Waals surface area contributed by atoms with Gasteiger partial charge in [0.2, 0.25) is 0 Å². The van der Waals surface area contributed by atoms with E-state index in [1.165, 1.54) is 22.3 Å². The van der Waals surface area contributed by atoms with Gasteiger partial charge in [-0.05, 0) is 49.1 Å². The van der Waals surface area contributed by atoms with Gasteiger partial charge >= 0.3 is 0 Å². The van der Waals surface area contributed by atoms with Crippen molar-refractivity contribution in [1.29, 1.82) is 0 Å². The molecule has 20 heavy (non-hydrogen) atoms. The number of ether oxygens (including phenoxy) is 1. The van der Waals surface area contributed by atoms with Crippen LogP contribution in [0.2, 0.25) is 0 Å². The molecule has 0 fully saturated rings. The zero-order valence-corrected chi connectivity index (χ0v) is 12.3. The molecule has 0 spiro atoms. The van der Waals surface area contributed by atoms with E-state index in [2.05, 4.69) is 69.3 Å². The van der Waals surface area contributed by atoms with Crippen LogP contribution in [-0.2, 0) is 6.42 Å². The summed E-state index contributed by atoms with van der Waals surface area (Å²) in [5, 5.41) is 0. The second-order valence-electron chi connectivity index (χ2n) is 5.77.